The van der Waals surface area contributed by atoms with Crippen molar-refractivity contribution in [3.63, 3.8) is 0 Å². The van der Waals surface area contributed by atoms with Crippen LogP contribution in [0.5, 0.6) is 0 Å². The molecule has 1 aliphatic rings. The van der Waals surface area contributed by atoms with Gasteiger partial charge in [-0.05, 0) is 32.8 Å². The summed E-state index contributed by atoms with van der Waals surface area (Å²) < 4.78 is 3.89. The summed E-state index contributed by atoms with van der Waals surface area (Å²) >= 11 is 0. The number of rotatable bonds is 6. The normalized spacial score (nSPS) is 15.1. The minimum Gasteiger partial charge on any atom is -0.307 e. The summed E-state index contributed by atoms with van der Waals surface area (Å²) in [6.07, 6.45) is 4.37. The molecule has 1 N–H and O–H groups in total. The molecule has 1 saturated carbocycles. The highest BCUT2D eigenvalue weighted by Gasteiger charge is 2.20. The Labute approximate surface area is 112 Å². The number of aromatic nitrogens is 5. The van der Waals surface area contributed by atoms with Crippen LogP contribution in [0.4, 0.5) is 0 Å². The highest BCUT2D eigenvalue weighted by molar-refractivity contribution is 5.09. The topological polar surface area (TPSA) is 60.6 Å². The van der Waals surface area contributed by atoms with Crippen LogP contribution in [0.15, 0.2) is 12.4 Å². The smallest absolute Gasteiger partial charge is 0.164 e. The minimum absolute atomic E-state index is 0.691. The van der Waals surface area contributed by atoms with Gasteiger partial charge in [0.1, 0.15) is 6.33 Å². The van der Waals surface area contributed by atoms with Gasteiger partial charge in [-0.2, -0.15) is 10.2 Å². The van der Waals surface area contributed by atoms with E-state index in [9.17, 15) is 0 Å². The highest BCUT2D eigenvalue weighted by Crippen LogP contribution is 2.18. The Balaban J connectivity index is 1.64. The van der Waals surface area contributed by atoms with Crippen LogP contribution in [0.2, 0.25) is 0 Å². The zero-order valence-corrected chi connectivity index (χ0v) is 11.5. The van der Waals surface area contributed by atoms with E-state index in [0.29, 0.717) is 6.04 Å². The Bertz CT molecular complexity index is 551. The molecule has 3 rings (SSSR count). The molecule has 2 aromatic rings. The molecule has 2 aromatic heterocycles. The van der Waals surface area contributed by atoms with Crippen molar-refractivity contribution in [2.24, 2.45) is 0 Å². The van der Waals surface area contributed by atoms with E-state index in [1.165, 1.54) is 18.5 Å². The van der Waals surface area contributed by atoms with Gasteiger partial charge in [-0.1, -0.05) is 0 Å². The van der Waals surface area contributed by atoms with Gasteiger partial charge in [0.2, 0.25) is 0 Å². The number of nitrogens with one attached hydrogen (secondary N) is 1. The molecule has 0 amide bonds. The lowest BCUT2D eigenvalue weighted by Gasteiger charge is -2.03. The third-order valence-electron chi connectivity index (χ3n) is 3.32. The lowest BCUT2D eigenvalue weighted by Crippen LogP contribution is -2.16. The van der Waals surface area contributed by atoms with Crippen LogP contribution in [0.3, 0.4) is 0 Å². The van der Waals surface area contributed by atoms with Gasteiger partial charge in [0.05, 0.1) is 24.5 Å². The highest BCUT2D eigenvalue weighted by atomic mass is 15.4. The molecular formula is C13H20N6. The quantitative estimate of drug-likeness (QED) is 0.845. The van der Waals surface area contributed by atoms with Crippen molar-refractivity contribution >= 4 is 0 Å². The van der Waals surface area contributed by atoms with Gasteiger partial charge in [0.25, 0.3) is 0 Å². The summed E-state index contributed by atoms with van der Waals surface area (Å²) in [5.74, 6) is 0.867. The van der Waals surface area contributed by atoms with E-state index in [0.717, 1.165) is 31.2 Å². The fraction of sp³-hybridized carbons (Fsp3) is 0.615. The summed E-state index contributed by atoms with van der Waals surface area (Å²) in [5, 5.41) is 12.4. The molecule has 0 radical (unpaired) electrons. The predicted molar refractivity (Wildman–Crippen MR) is 71.6 cm³/mol. The zero-order valence-electron chi connectivity index (χ0n) is 11.5. The summed E-state index contributed by atoms with van der Waals surface area (Å²) in [5.41, 5.74) is 2.22. The van der Waals surface area contributed by atoms with E-state index in [-0.39, 0.29) is 0 Å². The van der Waals surface area contributed by atoms with Crippen LogP contribution < -0.4 is 5.32 Å². The molecule has 1 fully saturated rings. The zero-order chi connectivity index (χ0) is 13.2. The van der Waals surface area contributed by atoms with E-state index in [2.05, 4.69) is 33.5 Å². The predicted octanol–water partition coefficient (Wildman–Crippen LogP) is 1.10. The van der Waals surface area contributed by atoms with Gasteiger partial charge in [-0.15, -0.1) is 0 Å². The van der Waals surface area contributed by atoms with Gasteiger partial charge in [0, 0.05) is 12.6 Å². The molecule has 0 saturated heterocycles. The van der Waals surface area contributed by atoms with Crippen LogP contribution in [-0.2, 0) is 19.6 Å². The third kappa shape index (κ3) is 3.01. The van der Waals surface area contributed by atoms with Crippen molar-refractivity contribution in [1.29, 1.82) is 0 Å². The summed E-state index contributed by atoms with van der Waals surface area (Å²) in [7, 11) is 0. The Morgan fingerprint density at radius 2 is 2.21 bits per heavy atom. The molecule has 6 nitrogen and oxygen atoms in total. The van der Waals surface area contributed by atoms with E-state index < -0.39 is 0 Å². The van der Waals surface area contributed by atoms with Crippen LogP contribution in [-0.4, -0.2) is 30.6 Å². The minimum atomic E-state index is 0.691. The monoisotopic (exact) mass is 260 g/mol. The van der Waals surface area contributed by atoms with Crippen molar-refractivity contribution in [3.05, 3.63) is 29.6 Å². The first-order valence-corrected chi connectivity index (χ1v) is 6.89. The molecule has 0 aliphatic heterocycles. The largest absolute Gasteiger partial charge is 0.307 e. The third-order valence-corrected chi connectivity index (χ3v) is 3.32. The fourth-order valence-electron chi connectivity index (χ4n) is 2.18. The molecule has 19 heavy (non-hydrogen) atoms. The second-order valence-corrected chi connectivity index (χ2v) is 5.11. The first kappa shape index (κ1) is 12.3. The standard InChI is InChI=1S/C13H20N6/c1-3-19-12(6-10(2)16-19)8-18-9-15-13(17-18)7-14-11-4-5-11/h6,9,11,14H,3-5,7-8H2,1-2H3. The number of hydrogen-bond acceptors (Lipinski definition) is 4. The van der Waals surface area contributed by atoms with Gasteiger partial charge >= 0.3 is 0 Å². The van der Waals surface area contributed by atoms with Gasteiger partial charge in [-0.3, -0.25) is 4.68 Å². The summed E-state index contributed by atoms with van der Waals surface area (Å²) in [6.45, 7) is 6.49. The van der Waals surface area contributed by atoms with E-state index in [1.807, 2.05) is 16.3 Å². The number of nitrogens with zero attached hydrogens (tertiary/aromatic N) is 5. The Kier molecular flexibility index (Phi) is 3.33. The second-order valence-electron chi connectivity index (χ2n) is 5.11. The summed E-state index contributed by atoms with van der Waals surface area (Å²) in [4.78, 5) is 4.33. The fourth-order valence-corrected chi connectivity index (χ4v) is 2.18. The summed E-state index contributed by atoms with van der Waals surface area (Å²) in [6, 6.07) is 2.80. The van der Waals surface area contributed by atoms with Crippen molar-refractivity contribution in [2.75, 3.05) is 0 Å². The second kappa shape index (κ2) is 5.13. The van der Waals surface area contributed by atoms with Crippen molar-refractivity contribution < 1.29 is 0 Å². The van der Waals surface area contributed by atoms with Crippen molar-refractivity contribution in [1.82, 2.24) is 29.9 Å². The number of aryl methyl sites for hydroxylation is 2. The first-order valence-electron chi connectivity index (χ1n) is 6.89. The molecule has 2 heterocycles. The van der Waals surface area contributed by atoms with Crippen LogP contribution in [0.25, 0.3) is 0 Å². The molecule has 0 bridgehead atoms. The maximum absolute atomic E-state index is 4.49. The molecule has 1 aliphatic carbocycles. The van der Waals surface area contributed by atoms with Crippen molar-refractivity contribution in [3.8, 4) is 0 Å². The number of hydrogen-bond donors (Lipinski definition) is 1. The van der Waals surface area contributed by atoms with E-state index in [1.54, 1.807) is 6.33 Å². The van der Waals surface area contributed by atoms with Gasteiger partial charge < -0.3 is 5.32 Å². The van der Waals surface area contributed by atoms with Gasteiger partial charge in [-0.25, -0.2) is 9.67 Å². The van der Waals surface area contributed by atoms with Crippen LogP contribution in [0, 0.1) is 6.92 Å². The Morgan fingerprint density at radius 1 is 1.37 bits per heavy atom. The maximum atomic E-state index is 4.49. The molecule has 102 valence electrons. The average Bonchev–Trinajstić information content (AvgIpc) is 3.02. The average molecular weight is 260 g/mol. The molecule has 0 atom stereocenters. The van der Waals surface area contributed by atoms with E-state index >= 15 is 0 Å². The Morgan fingerprint density at radius 3 is 2.95 bits per heavy atom. The molecule has 0 aromatic carbocycles. The van der Waals surface area contributed by atoms with Crippen LogP contribution >= 0.6 is 0 Å². The van der Waals surface area contributed by atoms with E-state index in [4.69, 9.17) is 0 Å². The Hall–Kier alpha value is -1.69. The van der Waals surface area contributed by atoms with Gasteiger partial charge in [0.15, 0.2) is 5.82 Å². The molecule has 0 spiro atoms. The lowest BCUT2D eigenvalue weighted by atomic mass is 10.3. The van der Waals surface area contributed by atoms with Crippen LogP contribution in [0.1, 0.15) is 37.0 Å². The van der Waals surface area contributed by atoms with Crippen molar-refractivity contribution in [2.45, 2.75) is 52.4 Å². The first-order chi connectivity index (χ1) is 9.24. The molecule has 0 unspecified atom stereocenters. The maximum Gasteiger partial charge on any atom is 0.164 e. The lowest BCUT2D eigenvalue weighted by molar-refractivity contribution is 0.567. The molecule has 6 heteroatoms. The molecular weight excluding hydrogens is 240 g/mol. The SMILES string of the molecule is CCn1nc(C)cc1Cn1cnc(CNC2CC2)n1.